The van der Waals surface area contributed by atoms with Gasteiger partial charge >= 0.3 is 29.6 Å². The Kier molecular flexibility index (Phi) is 18.4. The average molecular weight is 1510 g/mol. The SMILES string of the molecule is Brc1ccc2c3cccnc3n(-c3cc(-c4ccccc4)ccn3)c2c1.CC(C)(C)[O-].[Na+].c1ccc(-c2ccnc(-n3c4cc(-n5c6cc(-c7cnc8ccccc8n7)ccc6c6cc7ccccc7cc65)ccc4c4cccnc43)c2)cc1.c1ccc2cc3c(cc2c1)[nH]c1cc(-c2cnc4ccccc4n2)ccc13. The van der Waals surface area contributed by atoms with E-state index >= 15 is 0 Å². The molecule has 0 amide bonds. The van der Waals surface area contributed by atoms with E-state index < -0.39 is 5.60 Å². The van der Waals surface area contributed by atoms with E-state index in [0.717, 1.165) is 144 Å². The second-order valence-electron chi connectivity index (χ2n) is 28.3. The van der Waals surface area contributed by atoms with Crippen LogP contribution in [0.25, 0.3) is 193 Å². The average Bonchev–Trinajstić information content (AvgIpc) is 1.58. The number of H-pyrrole nitrogens is 1. The normalized spacial score (nSPS) is 11.6. The molecule has 0 radical (unpaired) electrons. The number of hydrogen-bond donors (Lipinski definition) is 1. The number of para-hydroxylation sites is 4. The van der Waals surface area contributed by atoms with Crippen LogP contribution in [0, 0.1) is 0 Å². The zero-order chi connectivity index (χ0) is 74.0. The number of rotatable bonds is 7. The van der Waals surface area contributed by atoms with Gasteiger partial charge in [-0.1, -0.05) is 207 Å². The molecule has 10 aromatic heterocycles. The summed E-state index contributed by atoms with van der Waals surface area (Å²) in [6.07, 6.45) is 11.1. The molecular formula is C96H66BrN12NaO. The Bertz CT molecular complexity index is 7330. The standard InChI is InChI=1S/C46H28N6.C24H15N3.C22H14BrN3.C4H9O.Na/c1-2-9-29(10-3-1)32-20-22-47-45(26-32)52-44-27-34(17-19-35(44)37-13-8-21-48-46(37)52)51-42-25-33(41-28-49-39-14-6-7-15-40(39)50-41)16-18-36(42)38-23-30-11-4-5-12-31(30)24-43(38)51;1-2-6-16-12-23-19(11-15(16)5-1)18-10-9-17(13-22(18)27-23)24-14-25-20-7-3-4-8-21(20)26-24;23-17-8-9-18-19-7-4-11-25-22(19)26(20(18)14-17)21-13-16(10-12-24-21)15-5-2-1-3-6-15;1-4(2,3)5;/h1-28H;1-14,27H;1-14H;1-3H3;/q;;;-1;+1. The summed E-state index contributed by atoms with van der Waals surface area (Å²) in [7, 11) is 0. The number of aromatic nitrogens is 12. The number of nitrogens with one attached hydrogen (secondary N) is 1. The van der Waals surface area contributed by atoms with Gasteiger partial charge in [-0.15, -0.1) is 5.60 Å². The smallest absolute Gasteiger partial charge is 0.850 e. The molecule has 0 saturated heterocycles. The third kappa shape index (κ3) is 13.5. The fourth-order valence-electron chi connectivity index (χ4n) is 15.0. The molecule has 0 saturated carbocycles. The van der Waals surface area contributed by atoms with E-state index in [1.807, 2.05) is 116 Å². The van der Waals surface area contributed by atoms with Gasteiger partial charge in [0.2, 0.25) is 0 Å². The van der Waals surface area contributed by atoms with E-state index in [1.165, 1.54) is 54.0 Å². The van der Waals surface area contributed by atoms with Crippen molar-refractivity contribution in [2.24, 2.45) is 0 Å². The molecule has 12 aromatic carbocycles. The molecule has 0 aliphatic carbocycles. The molecule has 0 unspecified atom stereocenters. The molecule has 10 heterocycles. The van der Waals surface area contributed by atoms with Gasteiger partial charge in [0.05, 0.1) is 67.9 Å². The summed E-state index contributed by atoms with van der Waals surface area (Å²) in [5.41, 5.74) is 20.7. The molecule has 0 aliphatic heterocycles. The van der Waals surface area contributed by atoms with Gasteiger partial charge in [0.25, 0.3) is 0 Å². The Balaban J connectivity index is 0.000000123. The van der Waals surface area contributed by atoms with Gasteiger partial charge in [-0.2, -0.15) is 0 Å². The topological polar surface area (TPSA) is 157 Å². The number of halogens is 1. The third-order valence-corrected chi connectivity index (χ3v) is 20.5. The predicted octanol–water partition coefficient (Wildman–Crippen LogP) is 20.3. The molecule has 22 rings (SSSR count). The summed E-state index contributed by atoms with van der Waals surface area (Å²) in [5.74, 6) is 1.69. The maximum Gasteiger partial charge on any atom is 1.00 e. The van der Waals surface area contributed by atoms with Crippen molar-refractivity contribution in [3.8, 4) is 62.1 Å². The van der Waals surface area contributed by atoms with Crippen molar-refractivity contribution in [2.75, 3.05) is 0 Å². The molecule has 22 aromatic rings. The van der Waals surface area contributed by atoms with E-state index in [4.69, 9.17) is 24.9 Å². The van der Waals surface area contributed by atoms with Gasteiger partial charge in [-0.05, 0) is 177 Å². The van der Waals surface area contributed by atoms with Crippen LogP contribution in [0.4, 0.5) is 0 Å². The van der Waals surface area contributed by atoms with Crippen molar-refractivity contribution in [3.63, 3.8) is 0 Å². The van der Waals surface area contributed by atoms with Crippen molar-refractivity contribution in [1.29, 1.82) is 0 Å². The fourth-order valence-corrected chi connectivity index (χ4v) is 15.4. The Morgan fingerprint density at radius 2 is 0.739 bits per heavy atom. The van der Waals surface area contributed by atoms with Crippen molar-refractivity contribution < 1.29 is 34.7 Å². The summed E-state index contributed by atoms with van der Waals surface area (Å²) < 4.78 is 7.74. The summed E-state index contributed by atoms with van der Waals surface area (Å²) in [4.78, 5) is 41.7. The van der Waals surface area contributed by atoms with Gasteiger partial charge in [-0.25, -0.2) is 29.9 Å². The van der Waals surface area contributed by atoms with Crippen LogP contribution in [-0.4, -0.2) is 64.2 Å². The van der Waals surface area contributed by atoms with Crippen LogP contribution < -0.4 is 34.7 Å². The molecule has 1 N–H and O–H groups in total. The van der Waals surface area contributed by atoms with E-state index in [9.17, 15) is 5.11 Å². The second kappa shape index (κ2) is 29.2. The van der Waals surface area contributed by atoms with Gasteiger partial charge in [-0.3, -0.25) is 19.1 Å². The molecule has 0 atom stereocenters. The minimum atomic E-state index is -0.750. The number of hydrogen-bond acceptors (Lipinski definition) is 9. The first-order chi connectivity index (χ1) is 53.9. The second-order valence-corrected chi connectivity index (χ2v) is 29.3. The summed E-state index contributed by atoms with van der Waals surface area (Å²) >= 11 is 3.59. The van der Waals surface area contributed by atoms with Gasteiger partial charge in [0.15, 0.2) is 0 Å². The Hall–Kier alpha value is -12.9. The predicted molar refractivity (Wildman–Crippen MR) is 453 cm³/mol. The minimum Gasteiger partial charge on any atom is -0.850 e. The molecule has 0 aliphatic rings. The quantitative estimate of drug-likeness (QED) is 0.153. The molecular weight excluding hydrogens is 1440 g/mol. The zero-order valence-electron chi connectivity index (χ0n) is 61.0. The minimum absolute atomic E-state index is 0. The number of fused-ring (bicyclic) bond motifs is 16. The number of aromatic amines is 1. The van der Waals surface area contributed by atoms with Crippen LogP contribution in [0.15, 0.2) is 345 Å². The number of pyridine rings is 4. The Morgan fingerprint density at radius 3 is 1.31 bits per heavy atom. The van der Waals surface area contributed by atoms with Crippen LogP contribution in [0.1, 0.15) is 20.8 Å². The maximum absolute atomic E-state index is 10.1. The molecule has 0 fully saturated rings. The monoisotopic (exact) mass is 1500 g/mol. The Labute approximate surface area is 668 Å². The van der Waals surface area contributed by atoms with Gasteiger partial charge < -0.3 is 14.7 Å². The van der Waals surface area contributed by atoms with Crippen molar-refractivity contribution >= 4 is 147 Å². The van der Waals surface area contributed by atoms with E-state index in [1.54, 1.807) is 20.8 Å². The van der Waals surface area contributed by atoms with Crippen LogP contribution in [-0.2, 0) is 0 Å². The summed E-state index contributed by atoms with van der Waals surface area (Å²) in [6, 6.07) is 106. The molecule has 111 heavy (non-hydrogen) atoms. The van der Waals surface area contributed by atoms with E-state index in [-0.39, 0.29) is 29.6 Å². The van der Waals surface area contributed by atoms with Gasteiger partial charge in [0.1, 0.15) is 22.9 Å². The molecule has 0 bridgehead atoms. The summed E-state index contributed by atoms with van der Waals surface area (Å²) in [6.45, 7) is 4.90. The van der Waals surface area contributed by atoms with Crippen molar-refractivity contribution in [1.82, 2.24) is 58.6 Å². The first kappa shape index (κ1) is 69.8. The fraction of sp³-hybridized carbons (Fsp3) is 0.0417. The number of nitrogens with zero attached hydrogens (tertiary/aromatic N) is 11. The van der Waals surface area contributed by atoms with E-state index in [2.05, 4.69) is 274 Å². The van der Waals surface area contributed by atoms with Crippen molar-refractivity contribution in [2.45, 2.75) is 26.4 Å². The van der Waals surface area contributed by atoms with E-state index in [0.29, 0.717) is 0 Å². The van der Waals surface area contributed by atoms with Crippen LogP contribution in [0.2, 0.25) is 0 Å². The number of benzene rings is 12. The maximum atomic E-state index is 10.1. The van der Waals surface area contributed by atoms with Crippen LogP contribution in [0.5, 0.6) is 0 Å². The third-order valence-electron chi connectivity index (χ3n) is 20.0. The Morgan fingerprint density at radius 1 is 0.306 bits per heavy atom. The molecule has 13 nitrogen and oxygen atoms in total. The molecule has 15 heteroatoms. The zero-order valence-corrected chi connectivity index (χ0v) is 64.6. The first-order valence-corrected chi connectivity index (χ1v) is 37.3. The van der Waals surface area contributed by atoms with Crippen molar-refractivity contribution in [3.05, 3.63) is 345 Å². The summed E-state index contributed by atoms with van der Waals surface area (Å²) in [5, 5.41) is 24.4. The van der Waals surface area contributed by atoms with Crippen LogP contribution >= 0.6 is 15.9 Å². The van der Waals surface area contributed by atoms with Crippen LogP contribution in [0.3, 0.4) is 0 Å². The largest absolute Gasteiger partial charge is 1.00 e. The van der Waals surface area contributed by atoms with Gasteiger partial charge in [0, 0.05) is 100 Å². The molecule has 0 spiro atoms. The molecule has 524 valence electrons. The first-order valence-electron chi connectivity index (χ1n) is 36.5.